The average molecular weight is 271 g/mol. The summed E-state index contributed by atoms with van der Waals surface area (Å²) in [5.41, 5.74) is 7.42. The summed E-state index contributed by atoms with van der Waals surface area (Å²) in [6, 6.07) is 11.1. The Morgan fingerprint density at radius 3 is 2.55 bits per heavy atom. The molecule has 102 valence electrons. The van der Waals surface area contributed by atoms with E-state index in [1.807, 2.05) is 24.3 Å². The van der Waals surface area contributed by atoms with Crippen LogP contribution in [0.5, 0.6) is 5.88 Å². The fourth-order valence-electron chi connectivity index (χ4n) is 1.91. The molecule has 0 aliphatic carbocycles. The number of nitriles is 1. The summed E-state index contributed by atoms with van der Waals surface area (Å²) in [6.45, 7) is 1.66. The van der Waals surface area contributed by atoms with Gasteiger partial charge in [0.1, 0.15) is 17.5 Å². The molecule has 0 fully saturated rings. The number of carbonyl (C=O) groups excluding carboxylic acids is 1. The van der Waals surface area contributed by atoms with Crippen LogP contribution in [0.2, 0.25) is 0 Å². The Morgan fingerprint density at radius 1 is 1.35 bits per heavy atom. The highest BCUT2D eigenvalue weighted by molar-refractivity contribution is 5.70. The first kappa shape index (κ1) is 13.5. The van der Waals surface area contributed by atoms with Crippen LogP contribution in [0.4, 0.5) is 10.6 Å². The number of aromatic nitrogens is 1. The van der Waals surface area contributed by atoms with Gasteiger partial charge >= 0.3 is 6.16 Å². The van der Waals surface area contributed by atoms with E-state index in [1.165, 1.54) is 11.7 Å². The van der Waals surface area contributed by atoms with Gasteiger partial charge in [-0.3, -0.25) is 4.57 Å². The molecule has 2 rings (SSSR count). The Balaban J connectivity index is 2.66. The highest BCUT2D eigenvalue weighted by Crippen LogP contribution is 2.34. The molecule has 6 heteroatoms. The normalized spacial score (nSPS) is 9.85. The number of para-hydroxylation sites is 1. The van der Waals surface area contributed by atoms with Crippen LogP contribution in [0.15, 0.2) is 30.3 Å². The van der Waals surface area contributed by atoms with Crippen molar-refractivity contribution < 1.29 is 14.3 Å². The molecule has 0 amide bonds. The van der Waals surface area contributed by atoms with Crippen LogP contribution in [-0.2, 0) is 4.74 Å². The first-order valence-electron chi connectivity index (χ1n) is 5.82. The summed E-state index contributed by atoms with van der Waals surface area (Å²) in [5.74, 6) is 0.396. The standard InChI is InChI=1S/C14H13N3O3/c1-9-11(8-15)12(16)17(10-6-4-3-5-7-10)13(9)20-14(18)19-2/h3-7H,16H2,1-2H3. The second kappa shape index (κ2) is 5.36. The summed E-state index contributed by atoms with van der Waals surface area (Å²) < 4.78 is 11.1. The molecule has 0 spiro atoms. The molecule has 0 saturated carbocycles. The van der Waals surface area contributed by atoms with Gasteiger partial charge in [0.25, 0.3) is 0 Å². The number of nitrogens with two attached hydrogens (primary N) is 1. The van der Waals surface area contributed by atoms with E-state index in [0.717, 1.165) is 0 Å². The minimum atomic E-state index is -0.868. The van der Waals surface area contributed by atoms with Crippen molar-refractivity contribution in [1.29, 1.82) is 5.26 Å². The second-order valence-corrected chi connectivity index (χ2v) is 4.03. The number of rotatable bonds is 2. The Kier molecular flexibility index (Phi) is 3.62. The molecule has 20 heavy (non-hydrogen) atoms. The zero-order valence-electron chi connectivity index (χ0n) is 11.1. The Hall–Kier alpha value is -2.94. The van der Waals surface area contributed by atoms with Crippen LogP contribution in [0.3, 0.4) is 0 Å². The second-order valence-electron chi connectivity index (χ2n) is 4.03. The molecule has 1 aromatic heterocycles. The number of hydrogen-bond donors (Lipinski definition) is 1. The average Bonchev–Trinajstić information content (AvgIpc) is 2.70. The Bertz CT molecular complexity index is 684. The van der Waals surface area contributed by atoms with Crippen molar-refractivity contribution in [2.45, 2.75) is 6.92 Å². The quantitative estimate of drug-likeness (QED) is 0.847. The van der Waals surface area contributed by atoms with E-state index in [1.54, 1.807) is 19.1 Å². The van der Waals surface area contributed by atoms with Crippen LogP contribution in [0, 0.1) is 18.3 Å². The van der Waals surface area contributed by atoms with Crippen molar-refractivity contribution in [1.82, 2.24) is 4.57 Å². The smallest absolute Gasteiger partial charge is 0.437 e. The highest BCUT2D eigenvalue weighted by atomic mass is 16.7. The minimum Gasteiger partial charge on any atom is -0.437 e. The third kappa shape index (κ3) is 2.17. The lowest BCUT2D eigenvalue weighted by molar-refractivity contribution is 0.119. The molecule has 0 atom stereocenters. The molecule has 1 heterocycles. The van der Waals surface area contributed by atoms with E-state index in [2.05, 4.69) is 4.74 Å². The van der Waals surface area contributed by atoms with E-state index in [4.69, 9.17) is 15.7 Å². The fourth-order valence-corrected chi connectivity index (χ4v) is 1.91. The van der Waals surface area contributed by atoms with Gasteiger partial charge in [0.05, 0.1) is 12.8 Å². The lowest BCUT2D eigenvalue weighted by Gasteiger charge is -2.10. The predicted molar refractivity (Wildman–Crippen MR) is 72.7 cm³/mol. The molecule has 0 unspecified atom stereocenters. The molecular weight excluding hydrogens is 258 g/mol. The molecule has 0 aliphatic heterocycles. The van der Waals surface area contributed by atoms with Crippen molar-refractivity contribution in [2.24, 2.45) is 0 Å². The third-order valence-electron chi connectivity index (χ3n) is 2.87. The molecule has 0 saturated heterocycles. The number of nitrogen functional groups attached to an aromatic ring is 1. The van der Waals surface area contributed by atoms with Crippen LogP contribution in [0.1, 0.15) is 11.1 Å². The monoisotopic (exact) mass is 271 g/mol. The minimum absolute atomic E-state index is 0.178. The number of carbonyl (C=O) groups is 1. The molecular formula is C14H13N3O3. The molecule has 1 aromatic carbocycles. The highest BCUT2D eigenvalue weighted by Gasteiger charge is 2.22. The zero-order chi connectivity index (χ0) is 14.7. The number of hydrogen-bond acceptors (Lipinski definition) is 5. The first-order chi connectivity index (χ1) is 9.60. The van der Waals surface area contributed by atoms with E-state index < -0.39 is 6.16 Å². The molecule has 0 radical (unpaired) electrons. The van der Waals surface area contributed by atoms with Crippen molar-refractivity contribution in [3.63, 3.8) is 0 Å². The van der Waals surface area contributed by atoms with E-state index in [9.17, 15) is 4.79 Å². The molecule has 2 aromatic rings. The molecule has 6 nitrogen and oxygen atoms in total. The van der Waals surface area contributed by atoms with Crippen molar-refractivity contribution in [3.05, 3.63) is 41.5 Å². The predicted octanol–water partition coefficient (Wildman–Crippen LogP) is 2.38. The van der Waals surface area contributed by atoms with Gasteiger partial charge < -0.3 is 15.2 Å². The number of ether oxygens (including phenoxy) is 2. The SMILES string of the molecule is COC(=O)Oc1c(C)c(C#N)c(N)n1-c1ccccc1. The van der Waals surface area contributed by atoms with Crippen molar-refractivity contribution in [2.75, 3.05) is 12.8 Å². The summed E-state index contributed by atoms with van der Waals surface area (Å²) in [5, 5.41) is 9.16. The zero-order valence-corrected chi connectivity index (χ0v) is 11.1. The van der Waals surface area contributed by atoms with Gasteiger partial charge in [-0.25, -0.2) is 4.79 Å². The van der Waals surface area contributed by atoms with Gasteiger partial charge in [0.2, 0.25) is 5.88 Å². The first-order valence-corrected chi connectivity index (χ1v) is 5.82. The summed E-state index contributed by atoms with van der Waals surface area (Å²) in [7, 11) is 1.21. The van der Waals surface area contributed by atoms with Crippen molar-refractivity contribution in [3.8, 4) is 17.6 Å². The fraction of sp³-hybridized carbons (Fsp3) is 0.143. The maximum atomic E-state index is 11.3. The number of methoxy groups -OCH3 is 1. The topological polar surface area (TPSA) is 90.3 Å². The van der Waals surface area contributed by atoms with E-state index >= 15 is 0 Å². The summed E-state index contributed by atoms with van der Waals surface area (Å²) >= 11 is 0. The van der Waals surface area contributed by atoms with E-state index in [0.29, 0.717) is 11.3 Å². The van der Waals surface area contributed by atoms with Crippen LogP contribution >= 0.6 is 0 Å². The van der Waals surface area contributed by atoms with Gasteiger partial charge in [-0.05, 0) is 19.1 Å². The van der Waals surface area contributed by atoms with E-state index in [-0.39, 0.29) is 17.3 Å². The molecule has 0 aliphatic rings. The number of anilines is 1. The third-order valence-corrected chi connectivity index (χ3v) is 2.87. The molecule has 0 bridgehead atoms. The maximum Gasteiger partial charge on any atom is 0.514 e. The largest absolute Gasteiger partial charge is 0.514 e. The number of benzene rings is 1. The van der Waals surface area contributed by atoms with Gasteiger partial charge in [-0.15, -0.1) is 0 Å². The van der Waals surface area contributed by atoms with Gasteiger partial charge in [-0.1, -0.05) is 18.2 Å². The van der Waals surface area contributed by atoms with Gasteiger partial charge in [0.15, 0.2) is 0 Å². The molecule has 2 N–H and O–H groups in total. The summed E-state index contributed by atoms with van der Waals surface area (Å²) in [4.78, 5) is 11.3. The lowest BCUT2D eigenvalue weighted by atomic mass is 10.2. The van der Waals surface area contributed by atoms with Crippen LogP contribution in [-0.4, -0.2) is 17.8 Å². The van der Waals surface area contributed by atoms with Crippen LogP contribution in [0.25, 0.3) is 5.69 Å². The van der Waals surface area contributed by atoms with Crippen LogP contribution < -0.4 is 10.5 Å². The maximum absolute atomic E-state index is 11.3. The Labute approximate surface area is 115 Å². The lowest BCUT2D eigenvalue weighted by Crippen LogP contribution is -2.12. The van der Waals surface area contributed by atoms with Crippen molar-refractivity contribution >= 4 is 12.0 Å². The summed E-state index contributed by atoms with van der Waals surface area (Å²) in [6.07, 6.45) is -0.868. The number of nitrogens with zero attached hydrogens (tertiary/aromatic N) is 2. The van der Waals surface area contributed by atoms with Gasteiger partial charge in [0, 0.05) is 5.56 Å². The van der Waals surface area contributed by atoms with Gasteiger partial charge in [-0.2, -0.15) is 5.26 Å². The Morgan fingerprint density at radius 2 is 2.00 bits per heavy atom.